The smallest absolute Gasteiger partial charge is 0.252 e. The van der Waals surface area contributed by atoms with Crippen molar-refractivity contribution in [1.29, 1.82) is 0 Å². The van der Waals surface area contributed by atoms with Crippen molar-refractivity contribution < 1.29 is 9.59 Å². The summed E-state index contributed by atoms with van der Waals surface area (Å²) in [4.78, 5) is 32.1. The molecule has 7 nitrogen and oxygen atoms in total. The Morgan fingerprint density at radius 3 is 2.63 bits per heavy atom. The number of nitrogens with zero attached hydrogens (tertiary/aromatic N) is 4. The van der Waals surface area contributed by atoms with Crippen molar-refractivity contribution in [3.05, 3.63) is 72.2 Å². The lowest BCUT2D eigenvalue weighted by Crippen LogP contribution is -2.29. The van der Waals surface area contributed by atoms with Crippen LogP contribution in [0.3, 0.4) is 0 Å². The third-order valence-corrected chi connectivity index (χ3v) is 6.00. The van der Waals surface area contributed by atoms with Gasteiger partial charge < -0.3 is 10.2 Å². The second-order valence-corrected chi connectivity index (χ2v) is 8.05. The molecule has 0 atom stereocenters. The molecular weight excluding hydrogens is 398 g/mol. The zero-order valence-corrected chi connectivity index (χ0v) is 17.3. The van der Waals surface area contributed by atoms with E-state index < -0.39 is 0 Å². The number of amides is 2. The third kappa shape index (κ3) is 4.88. The van der Waals surface area contributed by atoms with Gasteiger partial charge in [0.15, 0.2) is 5.82 Å². The number of benzene rings is 1. The van der Waals surface area contributed by atoms with Gasteiger partial charge in [0, 0.05) is 43.1 Å². The van der Waals surface area contributed by atoms with Crippen molar-refractivity contribution in [3.8, 4) is 5.82 Å². The first-order chi connectivity index (χ1) is 14.7. The SMILES string of the molecule is O=C(NCc1ccc(-n2cccn2)nc1)c1ccccc1SCC(=O)N1CCCC1. The molecule has 0 unspecified atom stereocenters. The molecule has 1 aromatic carbocycles. The Bertz CT molecular complexity index is 999. The number of pyridine rings is 1. The number of rotatable bonds is 7. The van der Waals surface area contributed by atoms with Gasteiger partial charge in [-0.2, -0.15) is 5.10 Å². The molecule has 1 fully saturated rings. The lowest BCUT2D eigenvalue weighted by molar-refractivity contribution is -0.127. The topological polar surface area (TPSA) is 80.1 Å². The Morgan fingerprint density at radius 2 is 1.90 bits per heavy atom. The molecule has 1 aliphatic rings. The Balaban J connectivity index is 1.34. The molecular formula is C22H23N5O2S. The fourth-order valence-corrected chi connectivity index (χ4v) is 4.27. The van der Waals surface area contributed by atoms with E-state index in [2.05, 4.69) is 15.4 Å². The number of likely N-dealkylation sites (tertiary alicyclic amines) is 1. The Morgan fingerprint density at radius 1 is 1.07 bits per heavy atom. The van der Waals surface area contributed by atoms with E-state index in [0.29, 0.717) is 17.9 Å². The van der Waals surface area contributed by atoms with Gasteiger partial charge in [-0.1, -0.05) is 18.2 Å². The molecule has 0 radical (unpaired) electrons. The third-order valence-electron chi connectivity index (χ3n) is 4.94. The van der Waals surface area contributed by atoms with Crippen LogP contribution in [0.2, 0.25) is 0 Å². The molecule has 0 saturated carbocycles. The maximum atomic E-state index is 12.7. The van der Waals surface area contributed by atoms with Gasteiger partial charge in [0.25, 0.3) is 5.91 Å². The first-order valence-corrected chi connectivity index (χ1v) is 10.9. The van der Waals surface area contributed by atoms with E-state index in [4.69, 9.17) is 0 Å². The summed E-state index contributed by atoms with van der Waals surface area (Å²) in [7, 11) is 0. The van der Waals surface area contributed by atoms with E-state index in [9.17, 15) is 9.59 Å². The molecule has 30 heavy (non-hydrogen) atoms. The number of hydrogen-bond donors (Lipinski definition) is 1. The summed E-state index contributed by atoms with van der Waals surface area (Å²) in [5.74, 6) is 1.04. The van der Waals surface area contributed by atoms with E-state index >= 15 is 0 Å². The van der Waals surface area contributed by atoms with Crippen LogP contribution < -0.4 is 5.32 Å². The number of carbonyl (C=O) groups excluding carboxylic acids is 2. The van der Waals surface area contributed by atoms with Crippen molar-refractivity contribution in [2.45, 2.75) is 24.3 Å². The normalized spacial score (nSPS) is 13.4. The van der Waals surface area contributed by atoms with Crippen molar-refractivity contribution in [1.82, 2.24) is 25.0 Å². The summed E-state index contributed by atoms with van der Waals surface area (Å²) < 4.78 is 1.68. The number of aromatic nitrogens is 3. The first-order valence-electron chi connectivity index (χ1n) is 9.93. The minimum Gasteiger partial charge on any atom is -0.348 e. The molecule has 1 saturated heterocycles. The highest BCUT2D eigenvalue weighted by Gasteiger charge is 2.19. The minimum atomic E-state index is -0.164. The van der Waals surface area contributed by atoms with E-state index in [0.717, 1.165) is 42.2 Å². The van der Waals surface area contributed by atoms with Crippen LogP contribution in [0, 0.1) is 0 Å². The fraction of sp³-hybridized carbons (Fsp3) is 0.273. The summed E-state index contributed by atoms with van der Waals surface area (Å²) >= 11 is 1.42. The van der Waals surface area contributed by atoms with Gasteiger partial charge in [0.1, 0.15) is 0 Å². The van der Waals surface area contributed by atoms with Crippen LogP contribution >= 0.6 is 11.8 Å². The zero-order valence-electron chi connectivity index (χ0n) is 16.5. The van der Waals surface area contributed by atoms with Crippen LogP contribution in [0.15, 0.2) is 66.0 Å². The maximum absolute atomic E-state index is 12.7. The standard InChI is InChI=1S/C22H23N5O2S/c28-21(26-11-3-4-12-26)16-30-19-7-2-1-6-18(19)22(29)24-15-17-8-9-20(23-14-17)27-13-5-10-25-27/h1-2,5-10,13-14H,3-4,11-12,15-16H2,(H,24,29). The van der Waals surface area contributed by atoms with E-state index in [1.165, 1.54) is 11.8 Å². The van der Waals surface area contributed by atoms with Crippen molar-refractivity contribution in [2.75, 3.05) is 18.8 Å². The maximum Gasteiger partial charge on any atom is 0.252 e. The highest BCUT2D eigenvalue weighted by atomic mass is 32.2. The predicted molar refractivity (Wildman–Crippen MR) is 116 cm³/mol. The Hall–Kier alpha value is -3.13. The lowest BCUT2D eigenvalue weighted by Gasteiger charge is -2.15. The van der Waals surface area contributed by atoms with Gasteiger partial charge in [-0.15, -0.1) is 11.8 Å². The fourth-order valence-electron chi connectivity index (χ4n) is 3.32. The van der Waals surface area contributed by atoms with Gasteiger partial charge in [0.2, 0.25) is 5.91 Å². The summed E-state index contributed by atoms with van der Waals surface area (Å²) in [6.07, 6.45) is 7.41. The van der Waals surface area contributed by atoms with Crippen molar-refractivity contribution in [2.24, 2.45) is 0 Å². The van der Waals surface area contributed by atoms with E-state index in [-0.39, 0.29) is 11.8 Å². The number of thioether (sulfide) groups is 1. The summed E-state index contributed by atoms with van der Waals surface area (Å²) in [6.45, 7) is 2.06. The molecule has 1 aliphatic heterocycles. The molecule has 2 aromatic heterocycles. The van der Waals surface area contributed by atoms with Crippen LogP contribution in [-0.2, 0) is 11.3 Å². The largest absolute Gasteiger partial charge is 0.348 e. The monoisotopic (exact) mass is 421 g/mol. The Labute approximate surface area is 179 Å². The van der Waals surface area contributed by atoms with Crippen LogP contribution in [0.25, 0.3) is 5.82 Å². The first kappa shape index (κ1) is 20.2. The molecule has 3 aromatic rings. The van der Waals surface area contributed by atoms with E-state index in [1.54, 1.807) is 23.1 Å². The predicted octanol–water partition coefficient (Wildman–Crippen LogP) is 2.91. The Kier molecular flexibility index (Phi) is 6.44. The highest BCUT2D eigenvalue weighted by molar-refractivity contribution is 8.00. The van der Waals surface area contributed by atoms with Gasteiger partial charge in [-0.3, -0.25) is 9.59 Å². The van der Waals surface area contributed by atoms with Gasteiger partial charge in [-0.05, 0) is 42.7 Å². The van der Waals surface area contributed by atoms with Gasteiger partial charge >= 0.3 is 0 Å². The lowest BCUT2D eigenvalue weighted by atomic mass is 10.2. The zero-order chi connectivity index (χ0) is 20.8. The van der Waals surface area contributed by atoms with Crippen LogP contribution in [-0.4, -0.2) is 50.3 Å². The quantitative estimate of drug-likeness (QED) is 0.594. The average Bonchev–Trinajstić information content (AvgIpc) is 3.51. The second-order valence-electron chi connectivity index (χ2n) is 7.03. The number of hydrogen-bond acceptors (Lipinski definition) is 5. The molecule has 154 valence electrons. The summed E-state index contributed by atoms with van der Waals surface area (Å²) in [5, 5.41) is 7.09. The van der Waals surface area contributed by atoms with E-state index in [1.807, 2.05) is 47.5 Å². The number of carbonyl (C=O) groups is 2. The van der Waals surface area contributed by atoms with Crippen molar-refractivity contribution in [3.63, 3.8) is 0 Å². The molecule has 2 amide bonds. The van der Waals surface area contributed by atoms with Gasteiger partial charge in [0.05, 0.1) is 11.3 Å². The van der Waals surface area contributed by atoms with Crippen LogP contribution in [0.1, 0.15) is 28.8 Å². The summed E-state index contributed by atoms with van der Waals surface area (Å²) in [6, 6.07) is 13.0. The molecule has 0 aliphatic carbocycles. The van der Waals surface area contributed by atoms with Gasteiger partial charge in [-0.25, -0.2) is 9.67 Å². The number of nitrogens with one attached hydrogen (secondary N) is 1. The van der Waals surface area contributed by atoms with Crippen LogP contribution in [0.4, 0.5) is 0 Å². The highest BCUT2D eigenvalue weighted by Crippen LogP contribution is 2.24. The molecule has 8 heteroatoms. The minimum absolute atomic E-state index is 0.135. The second kappa shape index (κ2) is 9.58. The summed E-state index contributed by atoms with van der Waals surface area (Å²) in [5.41, 5.74) is 1.48. The molecule has 0 spiro atoms. The van der Waals surface area contributed by atoms with Crippen LogP contribution in [0.5, 0.6) is 0 Å². The molecule has 1 N–H and O–H groups in total. The molecule has 3 heterocycles. The average molecular weight is 422 g/mol. The van der Waals surface area contributed by atoms with Crippen molar-refractivity contribution >= 4 is 23.6 Å². The molecule has 4 rings (SSSR count). The molecule has 0 bridgehead atoms.